The van der Waals surface area contributed by atoms with Crippen molar-refractivity contribution in [1.82, 2.24) is 0 Å². The molecule has 0 spiro atoms. The van der Waals surface area contributed by atoms with Gasteiger partial charge in [-0.05, 0) is 50.2 Å². The summed E-state index contributed by atoms with van der Waals surface area (Å²) in [5, 5.41) is 0. The number of allylic oxidation sites excluding steroid dienone is 5. The average Bonchev–Trinajstić information content (AvgIpc) is 2.28. The third-order valence-corrected chi connectivity index (χ3v) is 3.20. The Bertz CT molecular complexity index is 262. The van der Waals surface area contributed by atoms with Gasteiger partial charge in [0.2, 0.25) is 0 Å². The van der Waals surface area contributed by atoms with Gasteiger partial charge in [0, 0.05) is 0 Å². The van der Waals surface area contributed by atoms with Crippen LogP contribution in [0.1, 0.15) is 60.3 Å². The zero-order valence-electron chi connectivity index (χ0n) is 11.8. The molecule has 0 fully saturated rings. The molecular formula is C16H28. The molecule has 0 saturated carbocycles. The molecule has 0 amide bonds. The van der Waals surface area contributed by atoms with Gasteiger partial charge in [-0.25, -0.2) is 0 Å². The fourth-order valence-corrected chi connectivity index (χ4v) is 2.10. The van der Waals surface area contributed by atoms with Crippen LogP contribution < -0.4 is 0 Å². The number of rotatable bonds is 7. The predicted octanol–water partition coefficient (Wildman–Crippen LogP) is 5.67. The Morgan fingerprint density at radius 2 is 1.81 bits per heavy atom. The lowest BCUT2D eigenvalue weighted by atomic mass is 9.89. The van der Waals surface area contributed by atoms with Gasteiger partial charge in [0.15, 0.2) is 0 Å². The van der Waals surface area contributed by atoms with E-state index in [2.05, 4.69) is 47.3 Å². The highest BCUT2D eigenvalue weighted by Gasteiger charge is 2.09. The van der Waals surface area contributed by atoms with Crippen molar-refractivity contribution < 1.29 is 0 Å². The Balaban J connectivity index is 5.02. The molecule has 1 atom stereocenters. The first kappa shape index (κ1) is 15.2. The average molecular weight is 220 g/mol. The van der Waals surface area contributed by atoms with Crippen LogP contribution in [0.5, 0.6) is 0 Å². The van der Waals surface area contributed by atoms with Crippen molar-refractivity contribution >= 4 is 0 Å². The van der Waals surface area contributed by atoms with E-state index in [1.807, 2.05) is 6.08 Å². The smallest absolute Gasteiger partial charge is 0.0165 e. The summed E-state index contributed by atoms with van der Waals surface area (Å²) < 4.78 is 0. The summed E-state index contributed by atoms with van der Waals surface area (Å²) in [6.07, 6.45) is 9.25. The molecule has 1 unspecified atom stereocenters. The first-order valence-corrected chi connectivity index (χ1v) is 6.60. The van der Waals surface area contributed by atoms with Crippen molar-refractivity contribution in [2.24, 2.45) is 5.92 Å². The summed E-state index contributed by atoms with van der Waals surface area (Å²) in [5.74, 6) is 0.684. The SMILES string of the molecule is C=C/C(=C\C(CC)=C(C)C)C(CC)CCC. The summed E-state index contributed by atoms with van der Waals surface area (Å²) in [5.41, 5.74) is 4.31. The predicted molar refractivity (Wildman–Crippen MR) is 75.6 cm³/mol. The molecule has 0 aromatic rings. The zero-order valence-corrected chi connectivity index (χ0v) is 11.8. The Hall–Kier alpha value is -0.780. The van der Waals surface area contributed by atoms with Gasteiger partial charge in [-0.2, -0.15) is 0 Å². The standard InChI is InChI=1S/C16H28/c1-7-11-14(8-2)16(10-4)12-15(9-3)13(5)6/h10,12,14H,4,7-9,11H2,1-3,5-6H3/b16-12+. The molecule has 0 heteroatoms. The molecule has 0 aliphatic heterocycles. The van der Waals surface area contributed by atoms with E-state index in [0.29, 0.717) is 5.92 Å². The largest absolute Gasteiger partial charge is 0.0988 e. The van der Waals surface area contributed by atoms with Crippen molar-refractivity contribution in [2.75, 3.05) is 0 Å². The zero-order chi connectivity index (χ0) is 12.6. The fraction of sp³-hybridized carbons (Fsp3) is 0.625. The molecule has 0 radical (unpaired) electrons. The highest BCUT2D eigenvalue weighted by Crippen LogP contribution is 2.24. The maximum atomic E-state index is 3.97. The lowest BCUT2D eigenvalue weighted by Crippen LogP contribution is -2.01. The van der Waals surface area contributed by atoms with Gasteiger partial charge in [-0.3, -0.25) is 0 Å². The summed E-state index contributed by atoms with van der Waals surface area (Å²) in [6.45, 7) is 15.1. The van der Waals surface area contributed by atoms with Crippen molar-refractivity contribution in [2.45, 2.75) is 60.3 Å². The molecule has 0 saturated heterocycles. The van der Waals surface area contributed by atoms with Crippen LogP contribution in [0.3, 0.4) is 0 Å². The molecule has 0 aromatic heterocycles. The second kappa shape index (κ2) is 8.38. The van der Waals surface area contributed by atoms with Gasteiger partial charge in [-0.15, -0.1) is 0 Å². The highest BCUT2D eigenvalue weighted by atomic mass is 14.1. The Morgan fingerprint density at radius 1 is 1.19 bits per heavy atom. The molecule has 0 rings (SSSR count). The molecule has 0 bridgehead atoms. The molecule has 0 N–H and O–H groups in total. The van der Waals surface area contributed by atoms with Gasteiger partial charge < -0.3 is 0 Å². The molecule has 0 aliphatic carbocycles. The van der Waals surface area contributed by atoms with Crippen molar-refractivity contribution in [1.29, 1.82) is 0 Å². The van der Waals surface area contributed by atoms with Crippen LogP contribution >= 0.6 is 0 Å². The third kappa shape index (κ3) is 4.83. The van der Waals surface area contributed by atoms with Crippen LogP contribution in [0.2, 0.25) is 0 Å². The maximum Gasteiger partial charge on any atom is -0.0165 e. The lowest BCUT2D eigenvalue weighted by Gasteiger charge is -2.16. The first-order valence-electron chi connectivity index (χ1n) is 6.60. The number of hydrogen-bond acceptors (Lipinski definition) is 0. The maximum absolute atomic E-state index is 3.97. The molecule has 0 aliphatic rings. The minimum Gasteiger partial charge on any atom is -0.0988 e. The van der Waals surface area contributed by atoms with E-state index >= 15 is 0 Å². The third-order valence-electron chi connectivity index (χ3n) is 3.20. The van der Waals surface area contributed by atoms with E-state index < -0.39 is 0 Å². The fourth-order valence-electron chi connectivity index (χ4n) is 2.10. The van der Waals surface area contributed by atoms with Crippen molar-refractivity contribution in [3.63, 3.8) is 0 Å². The van der Waals surface area contributed by atoms with Crippen molar-refractivity contribution in [3.8, 4) is 0 Å². The second-order valence-corrected chi connectivity index (χ2v) is 4.62. The number of hydrogen-bond donors (Lipinski definition) is 0. The van der Waals surface area contributed by atoms with E-state index in [-0.39, 0.29) is 0 Å². The molecule has 0 nitrogen and oxygen atoms in total. The minimum atomic E-state index is 0.684. The van der Waals surface area contributed by atoms with Crippen LogP contribution in [0.4, 0.5) is 0 Å². The second-order valence-electron chi connectivity index (χ2n) is 4.62. The van der Waals surface area contributed by atoms with Crippen LogP contribution in [0, 0.1) is 5.92 Å². The summed E-state index contributed by atoms with van der Waals surface area (Å²) in [6, 6.07) is 0. The quantitative estimate of drug-likeness (QED) is 0.485. The van der Waals surface area contributed by atoms with E-state index in [9.17, 15) is 0 Å². The Morgan fingerprint density at radius 3 is 2.12 bits per heavy atom. The van der Waals surface area contributed by atoms with Crippen LogP contribution in [0.15, 0.2) is 35.5 Å². The van der Waals surface area contributed by atoms with Gasteiger partial charge in [-0.1, -0.05) is 51.5 Å². The summed E-state index contributed by atoms with van der Waals surface area (Å²) >= 11 is 0. The van der Waals surface area contributed by atoms with Crippen LogP contribution in [-0.2, 0) is 0 Å². The monoisotopic (exact) mass is 220 g/mol. The molecule has 16 heavy (non-hydrogen) atoms. The van der Waals surface area contributed by atoms with Gasteiger partial charge in [0.25, 0.3) is 0 Å². The Labute approximate surface area is 102 Å². The van der Waals surface area contributed by atoms with Gasteiger partial charge >= 0.3 is 0 Å². The van der Waals surface area contributed by atoms with Gasteiger partial charge in [0.1, 0.15) is 0 Å². The van der Waals surface area contributed by atoms with E-state index in [1.165, 1.54) is 36.0 Å². The van der Waals surface area contributed by atoms with Crippen LogP contribution in [-0.4, -0.2) is 0 Å². The Kier molecular flexibility index (Phi) is 7.97. The van der Waals surface area contributed by atoms with Gasteiger partial charge in [0.05, 0.1) is 0 Å². The molecule has 92 valence electrons. The van der Waals surface area contributed by atoms with E-state index in [1.54, 1.807) is 0 Å². The van der Waals surface area contributed by atoms with E-state index in [0.717, 1.165) is 6.42 Å². The lowest BCUT2D eigenvalue weighted by molar-refractivity contribution is 0.543. The molecule has 0 heterocycles. The highest BCUT2D eigenvalue weighted by molar-refractivity contribution is 5.33. The van der Waals surface area contributed by atoms with Crippen LogP contribution in [0.25, 0.3) is 0 Å². The minimum absolute atomic E-state index is 0.684. The normalized spacial score (nSPS) is 13.4. The topological polar surface area (TPSA) is 0 Å². The summed E-state index contributed by atoms with van der Waals surface area (Å²) in [7, 11) is 0. The first-order chi connectivity index (χ1) is 7.60. The molecule has 0 aromatic carbocycles. The van der Waals surface area contributed by atoms with E-state index in [4.69, 9.17) is 0 Å². The summed E-state index contributed by atoms with van der Waals surface area (Å²) in [4.78, 5) is 0. The molecular weight excluding hydrogens is 192 g/mol. The van der Waals surface area contributed by atoms with Crippen molar-refractivity contribution in [3.05, 3.63) is 35.5 Å².